The molecule has 5 heteroatoms. The van der Waals surface area contributed by atoms with Gasteiger partial charge in [0.1, 0.15) is 0 Å². The summed E-state index contributed by atoms with van der Waals surface area (Å²) in [5.41, 5.74) is 7.70. The molecule has 0 radical (unpaired) electrons. The number of nitrogens with zero attached hydrogens (tertiary/aromatic N) is 1. The maximum atomic E-state index is 13.1. The lowest BCUT2D eigenvalue weighted by atomic mass is 9.96. The molecule has 0 atom stereocenters. The third-order valence-corrected chi connectivity index (χ3v) is 7.83. The second-order valence-electron chi connectivity index (χ2n) is 10.6. The number of allylic oxidation sites excluding steroid dienone is 1. The fourth-order valence-corrected chi connectivity index (χ4v) is 5.39. The highest BCUT2D eigenvalue weighted by molar-refractivity contribution is 6.09. The summed E-state index contributed by atoms with van der Waals surface area (Å²) in [6.45, 7) is 3.16. The van der Waals surface area contributed by atoms with Crippen LogP contribution in [-0.2, 0) is 24.0 Å². The number of ether oxygens (including phenoxy) is 1. The maximum absolute atomic E-state index is 13.1. The summed E-state index contributed by atoms with van der Waals surface area (Å²) < 4.78 is 5.41. The lowest BCUT2D eigenvalue weighted by molar-refractivity contribution is 0.0984. The molecule has 0 spiro atoms. The van der Waals surface area contributed by atoms with Crippen molar-refractivity contribution >= 4 is 29.1 Å². The Hall–Kier alpha value is -4.61. The number of morpholine rings is 1. The standard InChI is InChI=1S/C36H31NO4/c38-34(28-14-16-33(17-15-28)37-18-20-41-21-19-37)22-25-4-8-29(9-5-25)36(40)30-10-6-26(7-11-30)23-35(39)32-13-12-27-2-1-3-31(27)24-32/h1,3-17,24H,2,18-23H2. The molecule has 1 aliphatic carbocycles. The molecular formula is C36H31NO4. The van der Waals surface area contributed by atoms with E-state index in [1.54, 1.807) is 24.3 Å². The second-order valence-corrected chi connectivity index (χ2v) is 10.6. The number of carbonyl (C=O) groups excluding carboxylic acids is 3. The summed E-state index contributed by atoms with van der Waals surface area (Å²) in [4.78, 5) is 41.0. The Morgan fingerprint density at radius 3 is 1.78 bits per heavy atom. The van der Waals surface area contributed by atoms with Gasteiger partial charge < -0.3 is 9.64 Å². The number of rotatable bonds is 9. The van der Waals surface area contributed by atoms with E-state index in [0.29, 0.717) is 22.3 Å². The molecule has 4 aromatic rings. The van der Waals surface area contributed by atoms with Crippen LogP contribution in [0.25, 0.3) is 6.08 Å². The molecule has 4 aromatic carbocycles. The highest BCUT2D eigenvalue weighted by Gasteiger charge is 2.15. The van der Waals surface area contributed by atoms with Gasteiger partial charge in [-0.3, -0.25) is 14.4 Å². The topological polar surface area (TPSA) is 63.7 Å². The van der Waals surface area contributed by atoms with Gasteiger partial charge in [-0.2, -0.15) is 0 Å². The Morgan fingerprint density at radius 2 is 1.17 bits per heavy atom. The van der Waals surface area contributed by atoms with Crippen LogP contribution in [0.4, 0.5) is 5.69 Å². The molecule has 0 amide bonds. The SMILES string of the molecule is O=C(Cc1ccc(C(=O)c2ccc(CC(=O)c3ccc4c(c3)C=CC4)cc2)cc1)c1ccc(N2CCOCC2)cc1. The molecule has 1 heterocycles. The number of benzene rings is 4. The molecule has 204 valence electrons. The number of carbonyl (C=O) groups is 3. The summed E-state index contributed by atoms with van der Waals surface area (Å²) in [5, 5.41) is 0. The van der Waals surface area contributed by atoms with Gasteiger partial charge >= 0.3 is 0 Å². The van der Waals surface area contributed by atoms with Crippen molar-refractivity contribution in [2.45, 2.75) is 19.3 Å². The molecule has 1 saturated heterocycles. The van der Waals surface area contributed by atoms with Crippen LogP contribution in [0.5, 0.6) is 0 Å². The van der Waals surface area contributed by atoms with Gasteiger partial charge in [0.05, 0.1) is 13.2 Å². The summed E-state index contributed by atoms with van der Waals surface area (Å²) in [5.74, 6) is 0.00862. The number of ketones is 3. The third-order valence-electron chi connectivity index (χ3n) is 7.83. The van der Waals surface area contributed by atoms with E-state index in [-0.39, 0.29) is 30.2 Å². The molecule has 0 aromatic heterocycles. The Kier molecular flexibility index (Phi) is 7.70. The van der Waals surface area contributed by atoms with Crippen LogP contribution in [0.1, 0.15) is 58.9 Å². The van der Waals surface area contributed by atoms with E-state index in [1.165, 1.54) is 5.56 Å². The quantitative estimate of drug-likeness (QED) is 0.237. The van der Waals surface area contributed by atoms with Crippen LogP contribution in [0.3, 0.4) is 0 Å². The predicted octanol–water partition coefficient (Wildman–Crippen LogP) is 6.17. The zero-order chi connectivity index (χ0) is 28.2. The number of anilines is 1. The number of hydrogen-bond acceptors (Lipinski definition) is 5. The third kappa shape index (κ3) is 6.11. The first-order chi connectivity index (χ1) is 20.0. The van der Waals surface area contributed by atoms with Crippen LogP contribution in [0.2, 0.25) is 0 Å². The van der Waals surface area contributed by atoms with Crippen LogP contribution in [0, 0.1) is 0 Å². The van der Waals surface area contributed by atoms with Crippen molar-refractivity contribution in [3.8, 4) is 0 Å². The number of hydrogen-bond donors (Lipinski definition) is 0. The smallest absolute Gasteiger partial charge is 0.193 e. The first-order valence-corrected chi connectivity index (χ1v) is 14.0. The van der Waals surface area contributed by atoms with Crippen molar-refractivity contribution in [2.75, 3.05) is 31.2 Å². The molecule has 0 N–H and O–H groups in total. The molecule has 1 aliphatic heterocycles. The van der Waals surface area contributed by atoms with Crippen molar-refractivity contribution < 1.29 is 19.1 Å². The summed E-state index contributed by atoms with van der Waals surface area (Å²) in [6.07, 6.45) is 5.64. The number of fused-ring (bicyclic) bond motifs is 1. The van der Waals surface area contributed by atoms with E-state index in [4.69, 9.17) is 4.74 Å². The number of Topliss-reactive ketones (excluding diaryl/α,β-unsaturated/α-hetero) is 2. The fraction of sp³-hybridized carbons (Fsp3) is 0.194. The highest BCUT2D eigenvalue weighted by atomic mass is 16.5. The summed E-state index contributed by atoms with van der Waals surface area (Å²) in [7, 11) is 0. The van der Waals surface area contributed by atoms with Crippen LogP contribution in [0.15, 0.2) is 97.1 Å². The minimum atomic E-state index is -0.0927. The molecular weight excluding hydrogens is 510 g/mol. The minimum Gasteiger partial charge on any atom is -0.378 e. The van der Waals surface area contributed by atoms with Crippen LogP contribution < -0.4 is 4.90 Å². The monoisotopic (exact) mass is 541 g/mol. The van der Waals surface area contributed by atoms with Gasteiger partial charge in [0.15, 0.2) is 17.3 Å². The molecule has 1 fully saturated rings. The first kappa shape index (κ1) is 26.6. The lowest BCUT2D eigenvalue weighted by Gasteiger charge is -2.28. The normalized spacial score (nSPS) is 14.1. The van der Waals surface area contributed by atoms with Crippen molar-refractivity contribution in [1.29, 1.82) is 0 Å². The molecule has 41 heavy (non-hydrogen) atoms. The van der Waals surface area contributed by atoms with Gasteiger partial charge in [-0.25, -0.2) is 0 Å². The van der Waals surface area contributed by atoms with Crippen molar-refractivity contribution in [1.82, 2.24) is 0 Å². The molecule has 0 bridgehead atoms. The van der Waals surface area contributed by atoms with E-state index in [0.717, 1.165) is 55.1 Å². The molecule has 2 aliphatic rings. The molecule has 0 unspecified atom stereocenters. The predicted molar refractivity (Wildman–Crippen MR) is 161 cm³/mol. The second kappa shape index (κ2) is 11.9. The zero-order valence-corrected chi connectivity index (χ0v) is 22.8. The van der Waals surface area contributed by atoms with Crippen LogP contribution in [-0.4, -0.2) is 43.7 Å². The van der Waals surface area contributed by atoms with E-state index >= 15 is 0 Å². The Morgan fingerprint density at radius 1 is 0.634 bits per heavy atom. The average molecular weight is 542 g/mol. The van der Waals surface area contributed by atoms with Gasteiger partial charge in [0.25, 0.3) is 0 Å². The van der Waals surface area contributed by atoms with Gasteiger partial charge in [-0.15, -0.1) is 0 Å². The van der Waals surface area contributed by atoms with Gasteiger partial charge in [-0.1, -0.05) is 72.8 Å². The Labute approximate surface area is 240 Å². The highest BCUT2D eigenvalue weighted by Crippen LogP contribution is 2.22. The van der Waals surface area contributed by atoms with E-state index in [9.17, 15) is 14.4 Å². The van der Waals surface area contributed by atoms with Gasteiger partial charge in [0, 0.05) is 53.9 Å². The molecule has 6 rings (SSSR count). The molecule has 5 nitrogen and oxygen atoms in total. The summed E-state index contributed by atoms with van der Waals surface area (Å²) in [6, 6.07) is 28.1. The Bertz CT molecular complexity index is 1610. The fourth-order valence-electron chi connectivity index (χ4n) is 5.39. The summed E-state index contributed by atoms with van der Waals surface area (Å²) >= 11 is 0. The zero-order valence-electron chi connectivity index (χ0n) is 22.8. The van der Waals surface area contributed by atoms with Crippen molar-refractivity contribution in [2.24, 2.45) is 0 Å². The van der Waals surface area contributed by atoms with E-state index in [2.05, 4.69) is 17.1 Å². The van der Waals surface area contributed by atoms with E-state index in [1.807, 2.05) is 66.7 Å². The van der Waals surface area contributed by atoms with Crippen molar-refractivity contribution in [3.05, 3.63) is 142 Å². The average Bonchev–Trinajstić information content (AvgIpc) is 3.50. The molecule has 0 saturated carbocycles. The maximum Gasteiger partial charge on any atom is 0.193 e. The van der Waals surface area contributed by atoms with Crippen molar-refractivity contribution in [3.63, 3.8) is 0 Å². The Balaban J connectivity index is 1.05. The van der Waals surface area contributed by atoms with Gasteiger partial charge in [0.2, 0.25) is 0 Å². The lowest BCUT2D eigenvalue weighted by Crippen LogP contribution is -2.36. The van der Waals surface area contributed by atoms with Crippen LogP contribution >= 0.6 is 0 Å². The van der Waals surface area contributed by atoms with E-state index < -0.39 is 0 Å². The first-order valence-electron chi connectivity index (χ1n) is 14.0. The minimum absolute atomic E-state index is 0.0408. The van der Waals surface area contributed by atoms with Gasteiger partial charge in [-0.05, 0) is 59.0 Å². The largest absolute Gasteiger partial charge is 0.378 e.